The van der Waals surface area contributed by atoms with Gasteiger partial charge in [-0.15, -0.1) is 0 Å². The van der Waals surface area contributed by atoms with E-state index in [2.05, 4.69) is 20.8 Å². The van der Waals surface area contributed by atoms with Gasteiger partial charge >= 0.3 is 0 Å². The monoisotopic (exact) mass is 410 g/mol. The van der Waals surface area contributed by atoms with Crippen LogP contribution in [-0.4, -0.2) is 27.7 Å². The van der Waals surface area contributed by atoms with Gasteiger partial charge in [-0.2, -0.15) is 0 Å². The third kappa shape index (κ3) is 3.28. The lowest BCUT2D eigenvalue weighted by Gasteiger charge is -2.62. The lowest BCUT2D eigenvalue weighted by atomic mass is 9.43. The summed E-state index contributed by atoms with van der Waals surface area (Å²) in [5.41, 5.74) is 0.577. The van der Waals surface area contributed by atoms with E-state index in [9.17, 15) is 15.0 Å². The number of aliphatic hydroxyl groups excluding tert-OH is 2. The highest BCUT2D eigenvalue weighted by Gasteiger charge is 2.62. The summed E-state index contributed by atoms with van der Waals surface area (Å²) in [7, 11) is 0. The number of hydrogen-bond donors (Lipinski definition) is 2. The van der Waals surface area contributed by atoms with Crippen LogP contribution in [0.25, 0.3) is 0 Å². The van der Waals surface area contributed by atoms with Crippen molar-refractivity contribution in [3.05, 3.63) is 0 Å². The average molecular weight is 411 g/mol. The van der Waals surface area contributed by atoms with Gasteiger partial charge in [0.05, 0.1) is 12.2 Å². The number of rotatable bonds is 4. The van der Waals surface area contributed by atoms with Crippen LogP contribution < -0.4 is 0 Å². The summed E-state index contributed by atoms with van der Waals surface area (Å²) in [6.07, 6.45) is 9.72. The molecule has 2 N–H and O–H groups in total. The first-order valence-corrected chi connectivity index (χ1v) is 12.1. The lowest BCUT2D eigenvalue weighted by molar-refractivity contribution is -0.174. The van der Waals surface area contributed by atoms with Gasteiger partial charge in [0.15, 0.2) is 0 Å². The maximum absolute atomic E-state index is 11.3. The van der Waals surface area contributed by atoms with Crippen LogP contribution in [0, 0.1) is 46.3 Å². The van der Waals surface area contributed by atoms with E-state index in [1.54, 1.807) is 0 Å². The normalized spacial score (nSPS) is 51.7. The van der Waals surface area contributed by atoms with Gasteiger partial charge < -0.3 is 10.2 Å². The molecule has 1 unspecified atom stereocenters. The van der Waals surface area contributed by atoms with Crippen LogP contribution in [0.3, 0.4) is 0 Å². The van der Waals surface area contributed by atoms with Crippen molar-refractivity contribution in [1.82, 2.24) is 0 Å². The molecule has 0 amide bonds. The molecule has 0 aromatic carbocycles. The predicted molar refractivity (Wildman–Crippen MR) is 112 cm³/mol. The molecule has 28 heavy (non-hydrogen) atoms. The van der Waals surface area contributed by atoms with Gasteiger partial charge in [0.25, 0.3) is 0 Å². The van der Waals surface area contributed by atoms with E-state index in [1.807, 2.05) is 0 Å². The molecule has 0 radical (unpaired) electrons. The lowest BCUT2D eigenvalue weighted by Crippen LogP contribution is -2.58. The molecule has 4 saturated carbocycles. The summed E-state index contributed by atoms with van der Waals surface area (Å²) in [5.74, 6) is 3.25. The number of halogens is 1. The van der Waals surface area contributed by atoms with Crippen molar-refractivity contribution in [2.24, 2.45) is 46.3 Å². The molecule has 160 valence electrons. The molecule has 0 heterocycles. The van der Waals surface area contributed by atoms with E-state index in [0.29, 0.717) is 47.3 Å². The van der Waals surface area contributed by atoms with Gasteiger partial charge in [-0.1, -0.05) is 20.8 Å². The Bertz CT molecular complexity index is 609. The van der Waals surface area contributed by atoms with E-state index in [1.165, 1.54) is 25.7 Å². The average Bonchev–Trinajstić information content (AvgIpc) is 2.98. The number of carbonyl (C=O) groups is 1. The Morgan fingerprint density at radius 3 is 2.43 bits per heavy atom. The van der Waals surface area contributed by atoms with Gasteiger partial charge in [-0.05, 0) is 116 Å². The van der Waals surface area contributed by atoms with Crippen LogP contribution in [0.2, 0.25) is 0 Å². The molecule has 4 fully saturated rings. The maximum atomic E-state index is 11.3. The molecule has 0 aromatic heterocycles. The van der Waals surface area contributed by atoms with Crippen LogP contribution in [0.1, 0.15) is 85.0 Å². The second kappa shape index (κ2) is 7.54. The van der Waals surface area contributed by atoms with Crippen LogP contribution >= 0.6 is 11.6 Å². The minimum absolute atomic E-state index is 0.169. The Balaban J connectivity index is 1.55. The van der Waals surface area contributed by atoms with E-state index < -0.39 is 0 Å². The molecule has 4 heteroatoms. The standard InChI is InChI=1S/C24H39ClO3/c1-14(4-7-21(25)28)17-5-6-18-22-19(9-11-24(17,18)3)23(2)10-8-16(26)12-15(23)13-20(22)27/h14-20,22,26-27H,4-13H2,1-3H3/t14-,15?,16-,17-,18+,19+,20-,22+,23+,24-/m1/s1. The van der Waals surface area contributed by atoms with Crippen molar-refractivity contribution >= 4 is 16.8 Å². The minimum Gasteiger partial charge on any atom is -0.393 e. The number of carbonyl (C=O) groups excluding carboxylic acids is 1. The van der Waals surface area contributed by atoms with Crippen molar-refractivity contribution in [2.45, 2.75) is 97.2 Å². The summed E-state index contributed by atoms with van der Waals surface area (Å²) in [6.45, 7) is 7.26. The largest absolute Gasteiger partial charge is 0.393 e. The predicted octanol–water partition coefficient (Wildman–Crippen LogP) is 5.16. The fourth-order valence-corrected chi connectivity index (χ4v) is 8.83. The van der Waals surface area contributed by atoms with Crippen molar-refractivity contribution in [1.29, 1.82) is 0 Å². The Kier molecular flexibility index (Phi) is 5.69. The molecule has 0 bridgehead atoms. The molecule has 4 aliphatic carbocycles. The Morgan fingerprint density at radius 2 is 1.71 bits per heavy atom. The zero-order valence-electron chi connectivity index (χ0n) is 17.9. The highest BCUT2D eigenvalue weighted by Crippen LogP contribution is 2.68. The third-order valence-electron chi connectivity index (χ3n) is 10.2. The van der Waals surface area contributed by atoms with Gasteiger partial charge in [0, 0.05) is 6.42 Å². The van der Waals surface area contributed by atoms with Crippen LogP contribution in [-0.2, 0) is 4.79 Å². The molecule has 10 atom stereocenters. The van der Waals surface area contributed by atoms with Crippen LogP contribution in [0.4, 0.5) is 0 Å². The molecule has 0 aliphatic heterocycles. The summed E-state index contributed by atoms with van der Waals surface area (Å²) in [5, 5.41) is 21.3. The van der Waals surface area contributed by atoms with Crippen molar-refractivity contribution in [3.8, 4) is 0 Å². The van der Waals surface area contributed by atoms with Crippen LogP contribution in [0.15, 0.2) is 0 Å². The highest BCUT2D eigenvalue weighted by atomic mass is 35.5. The first-order chi connectivity index (χ1) is 13.2. The molecule has 0 aromatic rings. The minimum atomic E-state index is -0.212. The van der Waals surface area contributed by atoms with Gasteiger partial charge in [0.2, 0.25) is 5.24 Å². The first kappa shape index (κ1) is 21.1. The SMILES string of the molecule is C[C@H](CCC(=O)Cl)[C@H]1CC[C@H]2[C@@H]3[C@H](O)CC4C[C@H](O)CC[C@]4(C)[C@H]3CC[C@]12C. The molecule has 0 spiro atoms. The highest BCUT2D eigenvalue weighted by molar-refractivity contribution is 6.63. The molecule has 3 nitrogen and oxygen atoms in total. The molecule has 4 aliphatic rings. The van der Waals surface area contributed by atoms with E-state index >= 15 is 0 Å². The molecule has 0 saturated heterocycles. The van der Waals surface area contributed by atoms with Crippen molar-refractivity contribution in [2.75, 3.05) is 0 Å². The van der Waals surface area contributed by atoms with E-state index in [0.717, 1.165) is 32.1 Å². The van der Waals surface area contributed by atoms with Gasteiger partial charge in [-0.25, -0.2) is 0 Å². The third-order valence-corrected chi connectivity index (χ3v) is 10.4. The summed E-state index contributed by atoms with van der Waals surface area (Å²) in [4.78, 5) is 11.3. The summed E-state index contributed by atoms with van der Waals surface area (Å²) >= 11 is 5.61. The smallest absolute Gasteiger partial charge is 0.221 e. The maximum Gasteiger partial charge on any atom is 0.221 e. The Morgan fingerprint density at radius 1 is 1.04 bits per heavy atom. The van der Waals surface area contributed by atoms with Gasteiger partial charge in [-0.3, -0.25) is 4.79 Å². The van der Waals surface area contributed by atoms with E-state index in [4.69, 9.17) is 11.6 Å². The second-order valence-corrected chi connectivity index (χ2v) is 11.7. The van der Waals surface area contributed by atoms with Crippen LogP contribution in [0.5, 0.6) is 0 Å². The Labute approximate surface area is 175 Å². The molecular formula is C24H39ClO3. The summed E-state index contributed by atoms with van der Waals surface area (Å²) in [6, 6.07) is 0. The second-order valence-electron chi connectivity index (χ2n) is 11.3. The zero-order chi connectivity index (χ0) is 20.3. The van der Waals surface area contributed by atoms with Crippen molar-refractivity contribution in [3.63, 3.8) is 0 Å². The Hall–Kier alpha value is -0.120. The topological polar surface area (TPSA) is 57.5 Å². The summed E-state index contributed by atoms with van der Waals surface area (Å²) < 4.78 is 0. The first-order valence-electron chi connectivity index (χ1n) is 11.7. The number of hydrogen-bond acceptors (Lipinski definition) is 3. The van der Waals surface area contributed by atoms with Crippen molar-refractivity contribution < 1.29 is 15.0 Å². The molecule has 4 rings (SSSR count). The number of fused-ring (bicyclic) bond motifs is 5. The fourth-order valence-electron chi connectivity index (χ4n) is 8.72. The quantitative estimate of drug-likeness (QED) is 0.629. The molecular weight excluding hydrogens is 372 g/mol. The zero-order valence-corrected chi connectivity index (χ0v) is 18.6. The van der Waals surface area contributed by atoms with Gasteiger partial charge in [0.1, 0.15) is 0 Å². The fraction of sp³-hybridized carbons (Fsp3) is 0.958. The number of aliphatic hydroxyl groups is 2. The van der Waals surface area contributed by atoms with E-state index in [-0.39, 0.29) is 22.9 Å².